The van der Waals surface area contributed by atoms with Crippen LogP contribution >= 0.6 is 11.8 Å². The van der Waals surface area contributed by atoms with Gasteiger partial charge in [0.15, 0.2) is 0 Å². The number of unbranched alkanes of at least 4 members (excludes halogenated alkanes) is 9. The van der Waals surface area contributed by atoms with Gasteiger partial charge in [0.25, 0.3) is 0 Å². The van der Waals surface area contributed by atoms with E-state index in [9.17, 15) is 4.79 Å². The van der Waals surface area contributed by atoms with E-state index < -0.39 is 0 Å². The van der Waals surface area contributed by atoms with Gasteiger partial charge in [-0.3, -0.25) is 4.79 Å². The Morgan fingerprint density at radius 3 is 1.86 bits per heavy atom. The summed E-state index contributed by atoms with van der Waals surface area (Å²) in [7, 11) is 1.47. The van der Waals surface area contributed by atoms with Crippen LogP contribution in [0.2, 0.25) is 0 Å². The maximum Gasteiger partial charge on any atom is 0.305 e. The van der Waals surface area contributed by atoms with E-state index >= 15 is 0 Å². The molecule has 0 radical (unpaired) electrons. The summed E-state index contributed by atoms with van der Waals surface area (Å²) < 4.78 is 4.65. The van der Waals surface area contributed by atoms with Crippen molar-refractivity contribution >= 4 is 17.7 Å². The van der Waals surface area contributed by atoms with Crippen LogP contribution in [0.25, 0.3) is 0 Å². The van der Waals surface area contributed by atoms with Gasteiger partial charge in [-0.25, -0.2) is 0 Å². The first-order valence-electron chi connectivity index (χ1n) is 9.50. The summed E-state index contributed by atoms with van der Waals surface area (Å²) in [6, 6.07) is 0. The minimum atomic E-state index is -0.0630. The summed E-state index contributed by atoms with van der Waals surface area (Å²) in [4.78, 5) is 11.0. The molecule has 1 fully saturated rings. The van der Waals surface area contributed by atoms with Gasteiger partial charge in [0.1, 0.15) is 0 Å². The second-order valence-corrected chi connectivity index (χ2v) is 8.14. The summed E-state index contributed by atoms with van der Waals surface area (Å²) in [6.45, 7) is 2.28. The molecule has 1 aliphatic heterocycles. The highest BCUT2D eigenvalue weighted by molar-refractivity contribution is 8.07. The van der Waals surface area contributed by atoms with Gasteiger partial charge < -0.3 is 4.74 Å². The van der Waals surface area contributed by atoms with Crippen LogP contribution in [0.5, 0.6) is 0 Å². The summed E-state index contributed by atoms with van der Waals surface area (Å²) in [5.74, 6) is -0.0630. The van der Waals surface area contributed by atoms with Gasteiger partial charge in [0, 0.05) is 16.9 Å². The lowest BCUT2D eigenvalue weighted by Crippen LogP contribution is -1.99. The van der Waals surface area contributed by atoms with E-state index in [0.29, 0.717) is 6.42 Å². The average Bonchev–Trinajstić information content (AvgIpc) is 3.28. The van der Waals surface area contributed by atoms with E-state index in [4.69, 9.17) is 0 Å². The number of carbonyl (C=O) groups is 1. The summed E-state index contributed by atoms with van der Waals surface area (Å²) in [5.41, 5.74) is 0. The van der Waals surface area contributed by atoms with Crippen molar-refractivity contribution in [1.82, 2.24) is 0 Å². The van der Waals surface area contributed by atoms with E-state index in [0.717, 1.165) is 16.9 Å². The molecular weight excluding hydrogens is 292 g/mol. The lowest BCUT2D eigenvalue weighted by molar-refractivity contribution is -0.140. The van der Waals surface area contributed by atoms with Crippen molar-refractivity contribution < 1.29 is 9.53 Å². The Balaban J connectivity index is 1.77. The fourth-order valence-electron chi connectivity index (χ4n) is 3.06. The van der Waals surface area contributed by atoms with Crippen molar-refractivity contribution in [3.63, 3.8) is 0 Å². The minimum Gasteiger partial charge on any atom is -0.469 e. The Labute approximate surface area is 142 Å². The third-order valence-electron chi connectivity index (χ3n) is 4.63. The van der Waals surface area contributed by atoms with Crippen LogP contribution < -0.4 is 0 Å². The fraction of sp³-hybridized carbons (Fsp3) is 0.947. The Hall–Kier alpha value is -0.180. The number of esters is 1. The molecule has 0 N–H and O–H groups in total. The van der Waals surface area contributed by atoms with Gasteiger partial charge in [-0.05, 0) is 19.3 Å². The first kappa shape index (κ1) is 19.9. The molecule has 2 atom stereocenters. The van der Waals surface area contributed by atoms with E-state index in [1.165, 1.54) is 84.2 Å². The van der Waals surface area contributed by atoms with Crippen molar-refractivity contribution in [2.45, 2.75) is 107 Å². The van der Waals surface area contributed by atoms with E-state index in [1.54, 1.807) is 0 Å². The maximum atomic E-state index is 11.0. The number of hydrogen-bond acceptors (Lipinski definition) is 3. The third kappa shape index (κ3) is 10.5. The van der Waals surface area contributed by atoms with Gasteiger partial charge in [-0.15, -0.1) is 0 Å². The average molecular weight is 329 g/mol. The molecule has 1 rings (SSSR count). The lowest BCUT2D eigenvalue weighted by atomic mass is 10.0. The first-order valence-corrected chi connectivity index (χ1v) is 10.4. The molecule has 2 unspecified atom stereocenters. The number of thioether (sulfide) groups is 1. The van der Waals surface area contributed by atoms with Gasteiger partial charge in [0.2, 0.25) is 0 Å². The van der Waals surface area contributed by atoms with Crippen LogP contribution in [0.15, 0.2) is 0 Å². The molecule has 0 aromatic rings. The molecule has 0 spiro atoms. The van der Waals surface area contributed by atoms with E-state index in [2.05, 4.69) is 23.4 Å². The zero-order chi connectivity index (χ0) is 16.0. The molecule has 2 nitrogen and oxygen atoms in total. The van der Waals surface area contributed by atoms with Crippen LogP contribution in [0.3, 0.4) is 0 Å². The summed E-state index contributed by atoms with van der Waals surface area (Å²) >= 11 is 2.22. The monoisotopic (exact) mass is 328 g/mol. The molecule has 0 amide bonds. The molecule has 1 saturated heterocycles. The van der Waals surface area contributed by atoms with Crippen molar-refractivity contribution in [2.75, 3.05) is 7.11 Å². The van der Waals surface area contributed by atoms with Crippen LogP contribution in [-0.4, -0.2) is 23.6 Å². The van der Waals surface area contributed by atoms with Crippen molar-refractivity contribution in [1.29, 1.82) is 0 Å². The van der Waals surface area contributed by atoms with Gasteiger partial charge >= 0.3 is 5.97 Å². The molecule has 22 heavy (non-hydrogen) atoms. The fourth-order valence-corrected chi connectivity index (χ4v) is 4.30. The zero-order valence-corrected chi connectivity index (χ0v) is 15.6. The molecule has 1 aliphatic rings. The minimum absolute atomic E-state index is 0.0630. The topological polar surface area (TPSA) is 26.3 Å². The SMILES string of the molecule is CCCCCCCCC1SC1CCCCCCCC(=O)OC. The number of rotatable bonds is 15. The highest BCUT2D eigenvalue weighted by Gasteiger charge is 2.36. The Morgan fingerprint density at radius 2 is 1.32 bits per heavy atom. The Morgan fingerprint density at radius 1 is 0.818 bits per heavy atom. The van der Waals surface area contributed by atoms with Crippen molar-refractivity contribution in [3.8, 4) is 0 Å². The highest BCUT2D eigenvalue weighted by atomic mass is 32.2. The first-order chi connectivity index (χ1) is 10.8. The van der Waals surface area contributed by atoms with Crippen LogP contribution in [0.4, 0.5) is 0 Å². The lowest BCUT2D eigenvalue weighted by Gasteiger charge is -2.02. The zero-order valence-electron chi connectivity index (χ0n) is 14.8. The number of methoxy groups -OCH3 is 1. The van der Waals surface area contributed by atoms with Crippen molar-refractivity contribution in [2.24, 2.45) is 0 Å². The quantitative estimate of drug-likeness (QED) is 0.206. The second kappa shape index (κ2) is 13.3. The second-order valence-electron chi connectivity index (χ2n) is 6.65. The van der Waals surface area contributed by atoms with Crippen LogP contribution in [-0.2, 0) is 9.53 Å². The normalized spacial score (nSPS) is 20.1. The highest BCUT2D eigenvalue weighted by Crippen LogP contribution is 2.47. The molecule has 3 heteroatoms. The summed E-state index contributed by atoms with van der Waals surface area (Å²) in [5, 5.41) is 1.97. The Kier molecular flexibility index (Phi) is 12.0. The van der Waals surface area contributed by atoms with E-state index in [-0.39, 0.29) is 5.97 Å². The molecule has 0 saturated carbocycles. The predicted molar refractivity (Wildman–Crippen MR) is 97.5 cm³/mol. The van der Waals surface area contributed by atoms with Crippen LogP contribution in [0.1, 0.15) is 96.8 Å². The maximum absolute atomic E-state index is 11.0. The van der Waals surface area contributed by atoms with Gasteiger partial charge in [-0.1, -0.05) is 71.1 Å². The van der Waals surface area contributed by atoms with E-state index in [1.807, 2.05) is 0 Å². The Bertz CT molecular complexity index is 281. The molecule has 130 valence electrons. The summed E-state index contributed by atoms with van der Waals surface area (Å²) in [6.07, 6.45) is 18.2. The van der Waals surface area contributed by atoms with Crippen LogP contribution in [0, 0.1) is 0 Å². The number of hydrogen-bond donors (Lipinski definition) is 0. The molecule has 0 aliphatic carbocycles. The van der Waals surface area contributed by atoms with Crippen molar-refractivity contribution in [3.05, 3.63) is 0 Å². The smallest absolute Gasteiger partial charge is 0.305 e. The standard InChI is InChI=1S/C19H36O2S/c1-3-4-5-6-8-11-14-17-18(22-17)15-12-9-7-10-13-16-19(20)21-2/h17-18H,3-16H2,1-2H3. The number of ether oxygens (including phenoxy) is 1. The molecule has 1 heterocycles. The molecule has 0 aromatic carbocycles. The largest absolute Gasteiger partial charge is 0.469 e. The van der Waals surface area contributed by atoms with Gasteiger partial charge in [-0.2, -0.15) is 11.8 Å². The molecule has 0 aromatic heterocycles. The predicted octanol–water partition coefficient (Wildman–Crippen LogP) is 6.12. The molecule has 0 bridgehead atoms. The van der Waals surface area contributed by atoms with Gasteiger partial charge in [0.05, 0.1) is 7.11 Å². The molecular formula is C19H36O2S. The third-order valence-corrected chi connectivity index (χ3v) is 6.14. The number of carbonyl (C=O) groups excluding carboxylic acids is 1.